The minimum Gasteiger partial charge on any atom is -0.384 e. The number of aliphatic hydroxyl groups is 1. The SMILES string of the molecule is Cc1cc(C(=O)N(C)CCC#N)sc1C#CCO. The van der Waals surface area contributed by atoms with Crippen molar-refractivity contribution in [1.82, 2.24) is 4.90 Å². The van der Waals surface area contributed by atoms with E-state index in [1.54, 1.807) is 13.1 Å². The van der Waals surface area contributed by atoms with Gasteiger partial charge in [0, 0.05) is 13.6 Å². The molecule has 0 aromatic carbocycles. The first-order chi connectivity index (χ1) is 8.60. The Morgan fingerprint density at radius 3 is 2.94 bits per heavy atom. The van der Waals surface area contributed by atoms with Gasteiger partial charge >= 0.3 is 0 Å². The summed E-state index contributed by atoms with van der Waals surface area (Å²) in [5.74, 6) is 5.28. The van der Waals surface area contributed by atoms with E-state index in [0.29, 0.717) is 17.8 Å². The van der Waals surface area contributed by atoms with Gasteiger partial charge < -0.3 is 10.0 Å². The largest absolute Gasteiger partial charge is 0.384 e. The summed E-state index contributed by atoms with van der Waals surface area (Å²) in [7, 11) is 1.67. The predicted molar refractivity (Wildman–Crippen MR) is 70.2 cm³/mol. The van der Waals surface area contributed by atoms with Crippen LogP contribution in [-0.2, 0) is 0 Å². The van der Waals surface area contributed by atoms with Crippen molar-refractivity contribution in [3.05, 3.63) is 21.4 Å². The lowest BCUT2D eigenvalue weighted by Crippen LogP contribution is -2.26. The standard InChI is InChI=1S/C13H14N2O2S/c1-10-9-12(18-11(10)5-3-8-16)13(17)15(2)7-4-6-14/h9,16H,4,7-8H2,1-2H3. The van der Waals surface area contributed by atoms with Crippen molar-refractivity contribution in [1.29, 1.82) is 5.26 Å². The molecule has 1 rings (SSSR count). The van der Waals surface area contributed by atoms with Gasteiger partial charge in [-0.3, -0.25) is 4.79 Å². The Balaban J connectivity index is 2.84. The van der Waals surface area contributed by atoms with Gasteiger partial charge in [-0.2, -0.15) is 5.26 Å². The highest BCUT2D eigenvalue weighted by atomic mass is 32.1. The summed E-state index contributed by atoms with van der Waals surface area (Å²) >= 11 is 1.31. The summed E-state index contributed by atoms with van der Waals surface area (Å²) in [6.07, 6.45) is 0.323. The fourth-order valence-electron chi connectivity index (χ4n) is 1.34. The molecule has 0 unspecified atom stereocenters. The predicted octanol–water partition coefficient (Wildman–Crippen LogP) is 1.39. The molecule has 5 heteroatoms. The van der Waals surface area contributed by atoms with Gasteiger partial charge in [-0.1, -0.05) is 11.8 Å². The van der Waals surface area contributed by atoms with Crippen LogP contribution in [0.3, 0.4) is 0 Å². The molecule has 1 N–H and O–H groups in total. The Bertz CT molecular complexity index is 531. The number of carbonyl (C=O) groups excluding carboxylic acids is 1. The van der Waals surface area contributed by atoms with Crippen LogP contribution in [0.2, 0.25) is 0 Å². The van der Waals surface area contributed by atoms with Crippen LogP contribution < -0.4 is 0 Å². The van der Waals surface area contributed by atoms with Gasteiger partial charge in [-0.15, -0.1) is 11.3 Å². The molecule has 94 valence electrons. The first kappa shape index (κ1) is 14.2. The Morgan fingerprint density at radius 1 is 1.61 bits per heavy atom. The number of aryl methyl sites for hydroxylation is 1. The molecule has 0 atom stereocenters. The van der Waals surface area contributed by atoms with Crippen molar-refractivity contribution in [3.8, 4) is 17.9 Å². The summed E-state index contributed by atoms with van der Waals surface area (Å²) in [5, 5.41) is 17.1. The van der Waals surface area contributed by atoms with Gasteiger partial charge in [0.15, 0.2) is 0 Å². The summed E-state index contributed by atoms with van der Waals surface area (Å²) in [6, 6.07) is 3.80. The third-order valence-electron chi connectivity index (χ3n) is 2.32. The zero-order valence-corrected chi connectivity index (χ0v) is 11.2. The number of nitrogens with zero attached hydrogens (tertiary/aromatic N) is 2. The first-order valence-electron chi connectivity index (χ1n) is 5.42. The minimum atomic E-state index is -0.192. The summed E-state index contributed by atoms with van der Waals surface area (Å²) in [4.78, 5) is 14.9. The molecular formula is C13H14N2O2S. The van der Waals surface area contributed by atoms with Crippen LogP contribution in [0.25, 0.3) is 0 Å². The van der Waals surface area contributed by atoms with Gasteiger partial charge in [-0.05, 0) is 18.6 Å². The molecule has 0 radical (unpaired) electrons. The number of hydrogen-bond donors (Lipinski definition) is 1. The fraction of sp³-hybridized carbons (Fsp3) is 0.385. The third kappa shape index (κ3) is 3.59. The molecule has 1 amide bonds. The molecular weight excluding hydrogens is 248 g/mol. The van der Waals surface area contributed by atoms with Crippen LogP contribution in [0.4, 0.5) is 0 Å². The molecule has 1 aromatic heterocycles. The lowest BCUT2D eigenvalue weighted by Gasteiger charge is -2.13. The van der Waals surface area contributed by atoms with E-state index >= 15 is 0 Å². The highest BCUT2D eigenvalue weighted by Gasteiger charge is 2.15. The minimum absolute atomic E-state index is 0.101. The van der Waals surface area contributed by atoms with Crippen LogP contribution in [0, 0.1) is 30.1 Å². The Hall–Kier alpha value is -1.82. The van der Waals surface area contributed by atoms with Crippen LogP contribution in [-0.4, -0.2) is 36.1 Å². The monoisotopic (exact) mass is 262 g/mol. The first-order valence-corrected chi connectivity index (χ1v) is 6.24. The van der Waals surface area contributed by atoms with E-state index in [1.807, 2.05) is 13.0 Å². The Kier molecular flexibility index (Phi) is 5.38. The lowest BCUT2D eigenvalue weighted by atomic mass is 10.2. The summed E-state index contributed by atoms with van der Waals surface area (Å²) in [6.45, 7) is 2.11. The molecule has 0 bridgehead atoms. The molecule has 0 aliphatic carbocycles. The number of aliphatic hydroxyl groups excluding tert-OH is 1. The molecule has 0 saturated heterocycles. The number of amides is 1. The average Bonchev–Trinajstić information content (AvgIpc) is 2.73. The second-order valence-corrected chi connectivity index (χ2v) is 4.77. The zero-order chi connectivity index (χ0) is 13.5. The second kappa shape index (κ2) is 6.80. The van der Waals surface area contributed by atoms with Crippen molar-refractivity contribution in [2.75, 3.05) is 20.2 Å². The van der Waals surface area contributed by atoms with Crippen LogP contribution in [0.15, 0.2) is 6.07 Å². The number of nitriles is 1. The normalized spacial score (nSPS) is 9.22. The highest BCUT2D eigenvalue weighted by molar-refractivity contribution is 7.14. The molecule has 4 nitrogen and oxygen atoms in total. The number of carbonyl (C=O) groups is 1. The van der Waals surface area contributed by atoms with Crippen LogP contribution >= 0.6 is 11.3 Å². The molecule has 0 fully saturated rings. The summed E-state index contributed by atoms with van der Waals surface area (Å²) < 4.78 is 0. The number of thiophene rings is 1. The Labute approximate surface area is 110 Å². The van der Waals surface area contributed by atoms with E-state index in [4.69, 9.17) is 10.4 Å². The van der Waals surface area contributed by atoms with Gasteiger partial charge in [0.1, 0.15) is 6.61 Å². The van der Waals surface area contributed by atoms with Crippen molar-refractivity contribution in [2.45, 2.75) is 13.3 Å². The molecule has 0 aliphatic rings. The second-order valence-electron chi connectivity index (χ2n) is 3.72. The van der Waals surface area contributed by atoms with Crippen molar-refractivity contribution < 1.29 is 9.90 Å². The maximum Gasteiger partial charge on any atom is 0.263 e. The van der Waals surface area contributed by atoms with E-state index in [2.05, 4.69) is 11.8 Å². The molecule has 0 aliphatic heterocycles. The number of rotatable bonds is 3. The maximum absolute atomic E-state index is 12.0. The summed E-state index contributed by atoms with van der Waals surface area (Å²) in [5.41, 5.74) is 0.929. The molecule has 1 heterocycles. The van der Waals surface area contributed by atoms with Gasteiger partial charge in [0.05, 0.1) is 22.2 Å². The Morgan fingerprint density at radius 2 is 2.33 bits per heavy atom. The van der Waals surface area contributed by atoms with Crippen molar-refractivity contribution in [3.63, 3.8) is 0 Å². The smallest absolute Gasteiger partial charge is 0.263 e. The quantitative estimate of drug-likeness (QED) is 0.837. The lowest BCUT2D eigenvalue weighted by molar-refractivity contribution is 0.0802. The number of hydrogen-bond acceptors (Lipinski definition) is 4. The molecule has 0 spiro atoms. The van der Waals surface area contributed by atoms with Gasteiger partial charge in [0.2, 0.25) is 0 Å². The van der Waals surface area contributed by atoms with E-state index in [0.717, 1.165) is 10.4 Å². The third-order valence-corrected chi connectivity index (χ3v) is 3.46. The van der Waals surface area contributed by atoms with Gasteiger partial charge in [-0.25, -0.2) is 0 Å². The van der Waals surface area contributed by atoms with E-state index < -0.39 is 0 Å². The zero-order valence-electron chi connectivity index (χ0n) is 10.4. The topological polar surface area (TPSA) is 64.3 Å². The van der Waals surface area contributed by atoms with Crippen LogP contribution in [0.5, 0.6) is 0 Å². The molecule has 18 heavy (non-hydrogen) atoms. The van der Waals surface area contributed by atoms with Gasteiger partial charge in [0.25, 0.3) is 5.91 Å². The molecule has 0 saturated carbocycles. The fourth-order valence-corrected chi connectivity index (χ4v) is 2.38. The highest BCUT2D eigenvalue weighted by Crippen LogP contribution is 2.22. The van der Waals surface area contributed by atoms with E-state index in [9.17, 15) is 4.79 Å². The van der Waals surface area contributed by atoms with E-state index in [-0.39, 0.29) is 12.5 Å². The van der Waals surface area contributed by atoms with E-state index in [1.165, 1.54) is 16.2 Å². The maximum atomic E-state index is 12.0. The van der Waals surface area contributed by atoms with Crippen molar-refractivity contribution in [2.24, 2.45) is 0 Å². The van der Waals surface area contributed by atoms with Crippen molar-refractivity contribution >= 4 is 17.2 Å². The van der Waals surface area contributed by atoms with Crippen LogP contribution in [0.1, 0.15) is 26.5 Å². The molecule has 1 aromatic rings. The average molecular weight is 262 g/mol.